The molecule has 0 amide bonds. The lowest BCUT2D eigenvalue weighted by atomic mass is 10.0. The standard InChI is InChI=1S/C11H16O2S/c1-3-6-14-8-11-5-4-9(12-2)7-10(11)13-11/h4-5,7,10H,3,6,8H2,1-2H3. The van der Waals surface area contributed by atoms with Crippen LogP contribution in [0.3, 0.4) is 0 Å². The minimum atomic E-state index is 0.00185. The maximum absolute atomic E-state index is 5.68. The van der Waals surface area contributed by atoms with Gasteiger partial charge in [-0.05, 0) is 30.4 Å². The van der Waals surface area contributed by atoms with E-state index in [2.05, 4.69) is 19.1 Å². The van der Waals surface area contributed by atoms with Gasteiger partial charge >= 0.3 is 0 Å². The highest BCUT2D eigenvalue weighted by molar-refractivity contribution is 7.99. The van der Waals surface area contributed by atoms with Crippen LogP contribution in [-0.2, 0) is 9.47 Å². The number of hydrogen-bond donors (Lipinski definition) is 0. The largest absolute Gasteiger partial charge is 0.497 e. The molecule has 0 aromatic rings. The SMILES string of the molecule is CCCSCC12C=CC(OC)=CC1O2. The zero-order valence-corrected chi connectivity index (χ0v) is 9.47. The summed E-state index contributed by atoms with van der Waals surface area (Å²) < 4.78 is 10.8. The summed E-state index contributed by atoms with van der Waals surface area (Å²) in [6, 6.07) is 0. The Morgan fingerprint density at radius 1 is 1.64 bits per heavy atom. The van der Waals surface area contributed by atoms with Crippen LogP contribution in [0.2, 0.25) is 0 Å². The molecule has 0 saturated carbocycles. The van der Waals surface area contributed by atoms with Crippen molar-refractivity contribution in [2.75, 3.05) is 18.6 Å². The van der Waals surface area contributed by atoms with Gasteiger partial charge in [0.2, 0.25) is 0 Å². The molecule has 2 rings (SSSR count). The predicted molar refractivity (Wildman–Crippen MR) is 59.5 cm³/mol. The Hall–Kier alpha value is -0.410. The quantitative estimate of drug-likeness (QED) is 0.516. The number of methoxy groups -OCH3 is 1. The summed E-state index contributed by atoms with van der Waals surface area (Å²) in [7, 11) is 1.69. The van der Waals surface area contributed by atoms with Crippen molar-refractivity contribution in [3.05, 3.63) is 24.0 Å². The molecule has 0 aromatic carbocycles. The summed E-state index contributed by atoms with van der Waals surface area (Å²) in [4.78, 5) is 0. The van der Waals surface area contributed by atoms with Crippen molar-refractivity contribution in [1.82, 2.24) is 0 Å². The van der Waals surface area contributed by atoms with Crippen LogP contribution in [0.15, 0.2) is 24.0 Å². The fourth-order valence-electron chi connectivity index (χ4n) is 1.62. The molecule has 2 atom stereocenters. The smallest absolute Gasteiger partial charge is 0.126 e. The fourth-order valence-corrected chi connectivity index (χ4v) is 2.70. The number of rotatable bonds is 5. The molecule has 2 unspecified atom stereocenters. The second-order valence-electron chi connectivity index (χ2n) is 3.65. The molecule has 3 heteroatoms. The zero-order valence-electron chi connectivity index (χ0n) is 8.66. The lowest BCUT2D eigenvalue weighted by Gasteiger charge is -2.10. The van der Waals surface area contributed by atoms with Crippen molar-refractivity contribution in [3.63, 3.8) is 0 Å². The van der Waals surface area contributed by atoms with Crippen molar-refractivity contribution in [1.29, 1.82) is 0 Å². The van der Waals surface area contributed by atoms with Crippen molar-refractivity contribution in [3.8, 4) is 0 Å². The van der Waals surface area contributed by atoms with E-state index in [4.69, 9.17) is 9.47 Å². The van der Waals surface area contributed by atoms with Crippen LogP contribution in [0.25, 0.3) is 0 Å². The van der Waals surface area contributed by atoms with Gasteiger partial charge < -0.3 is 9.47 Å². The van der Waals surface area contributed by atoms with E-state index in [1.807, 2.05) is 17.8 Å². The van der Waals surface area contributed by atoms with Crippen molar-refractivity contribution in [2.24, 2.45) is 0 Å². The summed E-state index contributed by atoms with van der Waals surface area (Å²) in [6.07, 6.45) is 7.70. The van der Waals surface area contributed by atoms with Crippen LogP contribution in [0, 0.1) is 0 Å². The van der Waals surface area contributed by atoms with Crippen molar-refractivity contribution in [2.45, 2.75) is 25.0 Å². The molecule has 2 aliphatic rings. The van der Waals surface area contributed by atoms with E-state index >= 15 is 0 Å². The Bertz CT molecular complexity index is 272. The van der Waals surface area contributed by atoms with Crippen LogP contribution in [0.5, 0.6) is 0 Å². The van der Waals surface area contributed by atoms with Gasteiger partial charge in [-0.1, -0.05) is 6.92 Å². The van der Waals surface area contributed by atoms with Crippen LogP contribution in [-0.4, -0.2) is 30.3 Å². The number of thioether (sulfide) groups is 1. The molecular weight excluding hydrogens is 196 g/mol. The number of ether oxygens (including phenoxy) is 2. The number of epoxide rings is 1. The van der Waals surface area contributed by atoms with Crippen LogP contribution >= 0.6 is 11.8 Å². The van der Waals surface area contributed by atoms with E-state index in [0.717, 1.165) is 11.5 Å². The molecule has 0 radical (unpaired) electrons. The molecule has 14 heavy (non-hydrogen) atoms. The molecule has 0 N–H and O–H groups in total. The van der Waals surface area contributed by atoms with Gasteiger partial charge in [0, 0.05) is 5.75 Å². The monoisotopic (exact) mass is 212 g/mol. The Morgan fingerprint density at radius 3 is 3.14 bits per heavy atom. The molecule has 0 spiro atoms. The van der Waals surface area contributed by atoms with Gasteiger partial charge in [-0.3, -0.25) is 0 Å². The molecule has 1 heterocycles. The highest BCUT2D eigenvalue weighted by Gasteiger charge is 2.54. The van der Waals surface area contributed by atoms with E-state index < -0.39 is 0 Å². The first-order chi connectivity index (χ1) is 6.80. The normalized spacial score (nSPS) is 33.6. The van der Waals surface area contributed by atoms with Gasteiger partial charge in [0.25, 0.3) is 0 Å². The van der Waals surface area contributed by atoms with Crippen LogP contribution in [0.1, 0.15) is 13.3 Å². The summed E-state index contributed by atoms with van der Waals surface area (Å²) in [5, 5.41) is 0. The second kappa shape index (κ2) is 3.99. The molecule has 1 aliphatic heterocycles. The summed E-state index contributed by atoms with van der Waals surface area (Å²) in [5.74, 6) is 3.20. The van der Waals surface area contributed by atoms with Crippen molar-refractivity contribution >= 4 is 11.8 Å². The van der Waals surface area contributed by atoms with Crippen molar-refractivity contribution < 1.29 is 9.47 Å². The third-order valence-corrected chi connectivity index (χ3v) is 3.88. The van der Waals surface area contributed by atoms with Gasteiger partial charge in [0.1, 0.15) is 17.5 Å². The Morgan fingerprint density at radius 2 is 2.50 bits per heavy atom. The van der Waals surface area contributed by atoms with Gasteiger partial charge in [-0.2, -0.15) is 11.8 Å². The van der Waals surface area contributed by atoms with E-state index in [0.29, 0.717) is 0 Å². The highest BCUT2D eigenvalue weighted by Crippen LogP contribution is 2.44. The molecular formula is C11H16O2S. The molecule has 0 bridgehead atoms. The van der Waals surface area contributed by atoms with Gasteiger partial charge in [-0.15, -0.1) is 0 Å². The second-order valence-corrected chi connectivity index (χ2v) is 4.76. The topological polar surface area (TPSA) is 21.8 Å². The summed E-state index contributed by atoms with van der Waals surface area (Å²) in [5.41, 5.74) is 0.00185. The van der Waals surface area contributed by atoms with E-state index in [1.165, 1.54) is 12.2 Å². The lowest BCUT2D eigenvalue weighted by Crippen LogP contribution is -2.17. The zero-order chi connectivity index (χ0) is 10.0. The van der Waals surface area contributed by atoms with E-state index in [-0.39, 0.29) is 11.7 Å². The fraction of sp³-hybridized carbons (Fsp3) is 0.636. The average molecular weight is 212 g/mol. The first-order valence-corrected chi connectivity index (χ1v) is 6.17. The minimum Gasteiger partial charge on any atom is -0.497 e. The third kappa shape index (κ3) is 1.84. The third-order valence-electron chi connectivity index (χ3n) is 2.53. The molecule has 1 saturated heterocycles. The predicted octanol–water partition coefficient (Wildman–Crippen LogP) is 2.37. The van der Waals surface area contributed by atoms with E-state index in [1.54, 1.807) is 7.11 Å². The number of allylic oxidation sites excluding steroid dienone is 1. The Kier molecular flexibility index (Phi) is 2.88. The first kappa shape index (κ1) is 10.1. The molecule has 78 valence electrons. The molecule has 1 aliphatic carbocycles. The maximum Gasteiger partial charge on any atom is 0.126 e. The highest BCUT2D eigenvalue weighted by atomic mass is 32.2. The van der Waals surface area contributed by atoms with Gasteiger partial charge in [0.15, 0.2) is 0 Å². The maximum atomic E-state index is 5.68. The molecule has 2 nitrogen and oxygen atoms in total. The number of fused-ring (bicyclic) bond motifs is 1. The van der Waals surface area contributed by atoms with E-state index in [9.17, 15) is 0 Å². The minimum absolute atomic E-state index is 0.00185. The van der Waals surface area contributed by atoms with Gasteiger partial charge in [-0.25, -0.2) is 0 Å². The lowest BCUT2D eigenvalue weighted by molar-refractivity contribution is 0.303. The first-order valence-electron chi connectivity index (χ1n) is 5.01. The Balaban J connectivity index is 1.86. The summed E-state index contributed by atoms with van der Waals surface area (Å²) >= 11 is 1.96. The summed E-state index contributed by atoms with van der Waals surface area (Å²) in [6.45, 7) is 2.20. The number of hydrogen-bond acceptors (Lipinski definition) is 3. The molecule has 0 aromatic heterocycles. The molecule has 1 fully saturated rings. The average Bonchev–Trinajstić information content (AvgIpc) is 2.91. The van der Waals surface area contributed by atoms with Crippen LogP contribution in [0.4, 0.5) is 0 Å². The van der Waals surface area contributed by atoms with Gasteiger partial charge in [0.05, 0.1) is 7.11 Å². The van der Waals surface area contributed by atoms with Crippen LogP contribution < -0.4 is 0 Å². The Labute approximate surface area is 89.3 Å².